The topological polar surface area (TPSA) is 41.9 Å². The standard InChI is InChI=1S/C8H16N4Si/c1-5-12(13(2,3)4)8-9-6-7-10-11-8/h6-7H,5H2,1-4H3. The Balaban J connectivity index is 2.92. The Morgan fingerprint density at radius 2 is 2.00 bits per heavy atom. The third kappa shape index (κ3) is 2.48. The summed E-state index contributed by atoms with van der Waals surface area (Å²) in [7, 11) is -1.36. The molecule has 72 valence electrons. The first-order valence-electron chi connectivity index (χ1n) is 4.47. The van der Waals surface area contributed by atoms with Gasteiger partial charge in [-0.25, -0.2) is 4.98 Å². The average molecular weight is 196 g/mol. The van der Waals surface area contributed by atoms with E-state index in [0.717, 1.165) is 12.5 Å². The number of aromatic nitrogens is 3. The molecular formula is C8H16N4Si. The SMILES string of the molecule is CCN(c1nccnn1)[Si](C)(C)C. The minimum absolute atomic E-state index is 0.754. The maximum atomic E-state index is 4.20. The van der Waals surface area contributed by atoms with Crippen LogP contribution in [0.25, 0.3) is 0 Å². The molecule has 0 radical (unpaired) electrons. The van der Waals surface area contributed by atoms with E-state index in [9.17, 15) is 0 Å². The molecule has 1 aromatic rings. The molecule has 0 amide bonds. The van der Waals surface area contributed by atoms with Gasteiger partial charge in [-0.05, 0) is 6.92 Å². The van der Waals surface area contributed by atoms with E-state index in [4.69, 9.17) is 0 Å². The van der Waals surface area contributed by atoms with Crippen molar-refractivity contribution >= 4 is 14.2 Å². The van der Waals surface area contributed by atoms with Crippen LogP contribution in [0.5, 0.6) is 0 Å². The van der Waals surface area contributed by atoms with Gasteiger partial charge in [0.2, 0.25) is 5.95 Å². The van der Waals surface area contributed by atoms with E-state index in [0.29, 0.717) is 0 Å². The highest BCUT2D eigenvalue weighted by Gasteiger charge is 2.24. The molecule has 0 saturated carbocycles. The lowest BCUT2D eigenvalue weighted by atomic mass is 10.7. The molecule has 4 nitrogen and oxygen atoms in total. The van der Waals surface area contributed by atoms with Gasteiger partial charge in [-0.1, -0.05) is 19.6 Å². The zero-order chi connectivity index (χ0) is 9.90. The highest BCUT2D eigenvalue weighted by atomic mass is 28.3. The van der Waals surface area contributed by atoms with E-state index < -0.39 is 8.24 Å². The monoisotopic (exact) mass is 196 g/mol. The predicted octanol–water partition coefficient (Wildman–Crippen LogP) is 1.53. The fourth-order valence-corrected chi connectivity index (χ4v) is 2.93. The molecule has 0 spiro atoms. The van der Waals surface area contributed by atoms with Gasteiger partial charge in [-0.15, -0.1) is 5.10 Å². The second kappa shape index (κ2) is 3.82. The van der Waals surface area contributed by atoms with Crippen molar-refractivity contribution in [2.75, 3.05) is 11.1 Å². The van der Waals surface area contributed by atoms with Crippen LogP contribution in [-0.4, -0.2) is 30.0 Å². The summed E-state index contributed by atoms with van der Waals surface area (Å²) in [6, 6.07) is 0. The first kappa shape index (κ1) is 10.1. The van der Waals surface area contributed by atoms with E-state index in [-0.39, 0.29) is 0 Å². The minimum Gasteiger partial charge on any atom is -0.367 e. The van der Waals surface area contributed by atoms with Crippen molar-refractivity contribution in [3.05, 3.63) is 12.4 Å². The average Bonchev–Trinajstić information content (AvgIpc) is 2.05. The van der Waals surface area contributed by atoms with Crippen LogP contribution in [0.15, 0.2) is 12.4 Å². The molecule has 0 aliphatic carbocycles. The van der Waals surface area contributed by atoms with Crippen molar-refractivity contribution in [3.8, 4) is 0 Å². The maximum absolute atomic E-state index is 4.20. The molecule has 1 heterocycles. The highest BCUT2D eigenvalue weighted by Crippen LogP contribution is 2.14. The Labute approximate surface area is 80.1 Å². The predicted molar refractivity (Wildman–Crippen MR) is 56.2 cm³/mol. The Kier molecular flexibility index (Phi) is 2.97. The number of rotatable bonds is 3. The zero-order valence-corrected chi connectivity index (χ0v) is 9.65. The molecule has 0 unspecified atom stereocenters. The van der Waals surface area contributed by atoms with Gasteiger partial charge in [0.05, 0.1) is 12.4 Å². The van der Waals surface area contributed by atoms with E-state index in [1.54, 1.807) is 12.4 Å². The second-order valence-corrected chi connectivity index (χ2v) is 8.74. The molecular weight excluding hydrogens is 180 g/mol. The van der Waals surface area contributed by atoms with Crippen molar-refractivity contribution in [1.29, 1.82) is 0 Å². The van der Waals surface area contributed by atoms with Crippen molar-refractivity contribution in [2.45, 2.75) is 26.6 Å². The molecule has 5 heteroatoms. The summed E-state index contributed by atoms with van der Waals surface area (Å²) >= 11 is 0. The van der Waals surface area contributed by atoms with Crippen LogP contribution in [-0.2, 0) is 0 Å². The lowest BCUT2D eigenvalue weighted by Gasteiger charge is -2.32. The minimum atomic E-state index is -1.36. The van der Waals surface area contributed by atoms with Crippen molar-refractivity contribution in [2.24, 2.45) is 0 Å². The van der Waals surface area contributed by atoms with Gasteiger partial charge < -0.3 is 4.57 Å². The van der Waals surface area contributed by atoms with E-state index in [1.165, 1.54) is 0 Å². The maximum Gasteiger partial charge on any atom is 0.237 e. The summed E-state index contributed by atoms with van der Waals surface area (Å²) in [5.74, 6) is 0.754. The van der Waals surface area contributed by atoms with Crippen LogP contribution in [0.2, 0.25) is 19.6 Å². The highest BCUT2D eigenvalue weighted by molar-refractivity contribution is 6.79. The van der Waals surface area contributed by atoms with Gasteiger partial charge in [0.25, 0.3) is 0 Å². The van der Waals surface area contributed by atoms with Crippen molar-refractivity contribution < 1.29 is 0 Å². The third-order valence-corrected chi connectivity index (χ3v) is 3.97. The Hall–Kier alpha value is -0.973. The fourth-order valence-electron chi connectivity index (χ4n) is 1.28. The van der Waals surface area contributed by atoms with Crippen molar-refractivity contribution in [3.63, 3.8) is 0 Å². The number of hydrogen-bond donors (Lipinski definition) is 0. The molecule has 0 aromatic carbocycles. The summed E-state index contributed by atoms with van der Waals surface area (Å²) in [5, 5.41) is 7.85. The molecule has 1 aromatic heterocycles. The van der Waals surface area contributed by atoms with Crippen LogP contribution >= 0.6 is 0 Å². The lowest BCUT2D eigenvalue weighted by Crippen LogP contribution is -2.47. The molecule has 0 aliphatic rings. The molecule has 0 aliphatic heterocycles. The van der Waals surface area contributed by atoms with Gasteiger partial charge in [0.1, 0.15) is 0 Å². The van der Waals surface area contributed by atoms with Crippen LogP contribution in [0.3, 0.4) is 0 Å². The second-order valence-electron chi connectivity index (χ2n) is 3.86. The van der Waals surface area contributed by atoms with Gasteiger partial charge in [-0.2, -0.15) is 5.10 Å². The number of anilines is 1. The quantitative estimate of drug-likeness (QED) is 0.688. The largest absolute Gasteiger partial charge is 0.367 e. The zero-order valence-electron chi connectivity index (χ0n) is 8.65. The Morgan fingerprint density at radius 3 is 2.38 bits per heavy atom. The molecule has 0 fully saturated rings. The molecule has 1 rings (SSSR count). The lowest BCUT2D eigenvalue weighted by molar-refractivity contribution is 0.898. The van der Waals surface area contributed by atoms with Crippen LogP contribution in [0.4, 0.5) is 5.95 Å². The van der Waals surface area contributed by atoms with Gasteiger partial charge in [-0.3, -0.25) is 0 Å². The van der Waals surface area contributed by atoms with Gasteiger partial charge in [0.15, 0.2) is 8.24 Å². The summed E-state index contributed by atoms with van der Waals surface area (Å²) in [5.41, 5.74) is 0. The first-order chi connectivity index (χ1) is 6.05. The van der Waals surface area contributed by atoms with E-state index in [2.05, 4.69) is 46.3 Å². The van der Waals surface area contributed by atoms with Crippen molar-refractivity contribution in [1.82, 2.24) is 15.2 Å². The number of hydrogen-bond acceptors (Lipinski definition) is 4. The van der Waals surface area contributed by atoms with E-state index >= 15 is 0 Å². The van der Waals surface area contributed by atoms with E-state index in [1.807, 2.05) is 0 Å². The summed E-state index contributed by atoms with van der Waals surface area (Å²) < 4.78 is 2.25. The Morgan fingerprint density at radius 1 is 1.31 bits per heavy atom. The molecule has 0 atom stereocenters. The Bertz CT molecular complexity index is 257. The molecule has 13 heavy (non-hydrogen) atoms. The summed E-state index contributed by atoms with van der Waals surface area (Å²) in [4.78, 5) is 4.20. The first-order valence-corrected chi connectivity index (χ1v) is 7.91. The smallest absolute Gasteiger partial charge is 0.237 e. The molecule has 0 bridgehead atoms. The normalized spacial score (nSPS) is 11.4. The summed E-state index contributed by atoms with van der Waals surface area (Å²) in [6.07, 6.45) is 3.28. The molecule has 0 saturated heterocycles. The van der Waals surface area contributed by atoms with Crippen LogP contribution in [0, 0.1) is 0 Å². The van der Waals surface area contributed by atoms with Crippen LogP contribution in [0.1, 0.15) is 6.92 Å². The summed E-state index contributed by atoms with van der Waals surface area (Å²) in [6.45, 7) is 9.88. The fraction of sp³-hybridized carbons (Fsp3) is 0.625. The number of nitrogens with zero attached hydrogens (tertiary/aromatic N) is 4. The van der Waals surface area contributed by atoms with Gasteiger partial charge >= 0.3 is 0 Å². The van der Waals surface area contributed by atoms with Crippen LogP contribution < -0.4 is 4.57 Å². The van der Waals surface area contributed by atoms with Gasteiger partial charge in [0, 0.05) is 6.54 Å². The third-order valence-electron chi connectivity index (χ3n) is 1.84. The molecule has 0 N–H and O–H groups in total.